The zero-order valence-corrected chi connectivity index (χ0v) is 13.9. The molecule has 0 spiro atoms. The Morgan fingerprint density at radius 2 is 2.16 bits per heavy atom. The third-order valence-corrected chi connectivity index (χ3v) is 5.95. The summed E-state index contributed by atoms with van der Waals surface area (Å²) in [5.74, 6) is 1.14. The average Bonchev–Trinajstić information content (AvgIpc) is 2.72. The van der Waals surface area contributed by atoms with Gasteiger partial charge in [0.05, 0.1) is 5.02 Å². The number of nitrogens with one attached hydrogen (secondary N) is 1. The Kier molecular flexibility index (Phi) is 4.93. The highest BCUT2D eigenvalue weighted by molar-refractivity contribution is 9.10. The minimum absolute atomic E-state index is 0.142. The zero-order valence-electron chi connectivity index (χ0n) is 10.7. The summed E-state index contributed by atoms with van der Waals surface area (Å²) in [6.07, 6.45) is 3.37. The number of halogens is 2. The van der Waals surface area contributed by atoms with Crippen LogP contribution in [0.25, 0.3) is 0 Å². The Labute approximate surface area is 127 Å². The van der Waals surface area contributed by atoms with Crippen molar-refractivity contribution in [2.75, 3.05) is 6.54 Å². The van der Waals surface area contributed by atoms with Crippen molar-refractivity contribution in [3.05, 3.63) is 27.7 Å². The Balaban J connectivity index is 2.06. The predicted octanol–water partition coefficient (Wildman–Crippen LogP) is 3.82. The molecular weight excluding hydrogens is 350 g/mol. The van der Waals surface area contributed by atoms with Crippen molar-refractivity contribution in [3.63, 3.8) is 0 Å². The first-order valence-corrected chi connectivity index (χ1v) is 8.98. The van der Waals surface area contributed by atoms with E-state index in [1.54, 1.807) is 12.1 Å². The molecule has 0 aromatic heterocycles. The lowest BCUT2D eigenvalue weighted by atomic mass is 10.1. The number of sulfonamides is 1. The van der Waals surface area contributed by atoms with E-state index in [-0.39, 0.29) is 9.92 Å². The lowest BCUT2D eigenvalue weighted by Crippen LogP contribution is -2.28. The zero-order chi connectivity index (χ0) is 14.0. The van der Waals surface area contributed by atoms with Gasteiger partial charge in [0, 0.05) is 11.0 Å². The average molecular weight is 367 g/mol. The van der Waals surface area contributed by atoms with Crippen molar-refractivity contribution >= 4 is 37.6 Å². The van der Waals surface area contributed by atoms with Gasteiger partial charge in [0.15, 0.2) is 0 Å². The maximum atomic E-state index is 12.2. The first kappa shape index (κ1) is 15.3. The molecule has 0 saturated heterocycles. The lowest BCUT2D eigenvalue weighted by Gasteiger charge is -2.12. The van der Waals surface area contributed by atoms with E-state index in [0.29, 0.717) is 18.4 Å². The van der Waals surface area contributed by atoms with Gasteiger partial charge in [0.25, 0.3) is 0 Å². The summed E-state index contributed by atoms with van der Waals surface area (Å²) in [6, 6.07) is 4.79. The molecule has 1 aromatic rings. The third kappa shape index (κ3) is 3.94. The third-order valence-electron chi connectivity index (χ3n) is 3.55. The molecule has 1 aliphatic rings. The van der Waals surface area contributed by atoms with E-state index in [9.17, 15) is 8.42 Å². The molecule has 3 nitrogen and oxygen atoms in total. The summed E-state index contributed by atoms with van der Waals surface area (Å²) in [6.45, 7) is 2.71. The van der Waals surface area contributed by atoms with Gasteiger partial charge < -0.3 is 0 Å². The van der Waals surface area contributed by atoms with Crippen LogP contribution in [0.4, 0.5) is 0 Å². The molecule has 1 fully saturated rings. The fraction of sp³-hybridized carbons (Fsp3) is 0.538. The second-order valence-electron chi connectivity index (χ2n) is 5.21. The van der Waals surface area contributed by atoms with Gasteiger partial charge in [0.2, 0.25) is 10.0 Å². The minimum Gasteiger partial charge on any atom is -0.211 e. The van der Waals surface area contributed by atoms with Gasteiger partial charge >= 0.3 is 0 Å². The molecule has 0 radical (unpaired) electrons. The van der Waals surface area contributed by atoms with Crippen molar-refractivity contribution < 1.29 is 8.42 Å². The van der Waals surface area contributed by atoms with Gasteiger partial charge in [-0.15, -0.1) is 0 Å². The normalized spacial score (nSPS) is 23.7. The molecule has 2 atom stereocenters. The molecule has 19 heavy (non-hydrogen) atoms. The van der Waals surface area contributed by atoms with Gasteiger partial charge in [-0.25, -0.2) is 13.1 Å². The van der Waals surface area contributed by atoms with Crippen LogP contribution in [0.1, 0.15) is 26.2 Å². The summed E-state index contributed by atoms with van der Waals surface area (Å²) in [4.78, 5) is 0.142. The van der Waals surface area contributed by atoms with Crippen LogP contribution in [0.5, 0.6) is 0 Å². The molecule has 106 valence electrons. The molecule has 2 unspecified atom stereocenters. The largest absolute Gasteiger partial charge is 0.242 e. The summed E-state index contributed by atoms with van der Waals surface area (Å²) in [5, 5.41) is 0.238. The molecule has 2 rings (SSSR count). The maximum absolute atomic E-state index is 12.2. The Bertz CT molecular complexity index is 562. The first-order valence-electron chi connectivity index (χ1n) is 6.33. The Hall–Kier alpha value is -0.100. The quantitative estimate of drug-likeness (QED) is 0.880. The van der Waals surface area contributed by atoms with Crippen LogP contribution in [0, 0.1) is 11.8 Å². The molecule has 0 amide bonds. The van der Waals surface area contributed by atoms with E-state index in [0.717, 1.165) is 17.3 Å². The van der Waals surface area contributed by atoms with E-state index >= 15 is 0 Å². The Morgan fingerprint density at radius 1 is 1.42 bits per heavy atom. The van der Waals surface area contributed by atoms with E-state index in [2.05, 4.69) is 27.6 Å². The van der Waals surface area contributed by atoms with Gasteiger partial charge in [0.1, 0.15) is 4.90 Å². The summed E-state index contributed by atoms with van der Waals surface area (Å²) in [5.41, 5.74) is 0. The highest BCUT2D eigenvalue weighted by atomic mass is 79.9. The van der Waals surface area contributed by atoms with Crippen LogP contribution in [-0.4, -0.2) is 15.0 Å². The predicted molar refractivity (Wildman–Crippen MR) is 80.8 cm³/mol. The van der Waals surface area contributed by atoms with E-state index in [1.165, 1.54) is 12.5 Å². The summed E-state index contributed by atoms with van der Waals surface area (Å²) in [7, 11) is -3.52. The van der Waals surface area contributed by atoms with Crippen molar-refractivity contribution in [3.8, 4) is 0 Å². The SMILES string of the molecule is CC1CCC(CNS(=O)(=O)c2ccc(Br)cc2Cl)C1. The lowest BCUT2D eigenvalue weighted by molar-refractivity contribution is 0.498. The maximum Gasteiger partial charge on any atom is 0.242 e. The van der Waals surface area contributed by atoms with Crippen molar-refractivity contribution in [1.29, 1.82) is 0 Å². The monoisotopic (exact) mass is 365 g/mol. The number of rotatable bonds is 4. The van der Waals surface area contributed by atoms with Crippen LogP contribution in [-0.2, 0) is 10.0 Å². The van der Waals surface area contributed by atoms with E-state index in [1.807, 2.05) is 0 Å². The van der Waals surface area contributed by atoms with Gasteiger partial charge in [-0.3, -0.25) is 0 Å². The van der Waals surface area contributed by atoms with Crippen molar-refractivity contribution in [1.82, 2.24) is 4.72 Å². The second kappa shape index (κ2) is 6.12. The highest BCUT2D eigenvalue weighted by Crippen LogP contribution is 2.30. The molecule has 0 heterocycles. The molecule has 1 aliphatic carbocycles. The first-order chi connectivity index (χ1) is 8.88. The topological polar surface area (TPSA) is 46.2 Å². The molecule has 1 saturated carbocycles. The number of hydrogen-bond donors (Lipinski definition) is 1. The molecule has 0 bridgehead atoms. The number of hydrogen-bond acceptors (Lipinski definition) is 2. The van der Waals surface area contributed by atoms with E-state index in [4.69, 9.17) is 11.6 Å². The van der Waals surface area contributed by atoms with Crippen LogP contribution >= 0.6 is 27.5 Å². The highest BCUT2D eigenvalue weighted by Gasteiger charge is 2.24. The van der Waals surface area contributed by atoms with Crippen LogP contribution in [0.2, 0.25) is 5.02 Å². The van der Waals surface area contributed by atoms with Crippen LogP contribution in [0.15, 0.2) is 27.6 Å². The van der Waals surface area contributed by atoms with Crippen LogP contribution < -0.4 is 4.72 Å². The molecule has 6 heteroatoms. The van der Waals surface area contributed by atoms with E-state index < -0.39 is 10.0 Å². The fourth-order valence-corrected chi connectivity index (χ4v) is 4.66. The standard InChI is InChI=1S/C13H17BrClNO2S/c1-9-2-3-10(6-9)8-16-19(17,18)13-5-4-11(14)7-12(13)15/h4-5,7,9-10,16H,2-3,6,8H2,1H3. The van der Waals surface area contributed by atoms with Gasteiger partial charge in [-0.05, 0) is 42.9 Å². The molecular formula is C13H17BrClNO2S. The van der Waals surface area contributed by atoms with Crippen LogP contribution in [0.3, 0.4) is 0 Å². The molecule has 1 aromatic carbocycles. The second-order valence-corrected chi connectivity index (χ2v) is 8.27. The van der Waals surface area contributed by atoms with Crippen molar-refractivity contribution in [2.45, 2.75) is 31.1 Å². The Morgan fingerprint density at radius 3 is 2.74 bits per heavy atom. The summed E-state index contributed by atoms with van der Waals surface area (Å²) >= 11 is 9.25. The smallest absolute Gasteiger partial charge is 0.211 e. The van der Waals surface area contributed by atoms with Gasteiger partial charge in [-0.1, -0.05) is 40.9 Å². The van der Waals surface area contributed by atoms with Gasteiger partial charge in [-0.2, -0.15) is 0 Å². The molecule has 0 aliphatic heterocycles. The molecule has 1 N–H and O–H groups in total. The number of benzene rings is 1. The minimum atomic E-state index is -3.52. The van der Waals surface area contributed by atoms with Crippen molar-refractivity contribution in [2.24, 2.45) is 11.8 Å². The summed E-state index contributed by atoms with van der Waals surface area (Å²) < 4.78 is 27.8. The fourth-order valence-electron chi connectivity index (χ4n) is 2.51.